The van der Waals surface area contributed by atoms with E-state index in [-0.39, 0.29) is 17.4 Å². The molecule has 0 bridgehead atoms. The Labute approximate surface area is 118 Å². The molecule has 0 saturated carbocycles. The third-order valence-corrected chi connectivity index (χ3v) is 3.40. The number of hydrogen-bond acceptors (Lipinski definition) is 2. The number of benzene rings is 2. The zero-order chi connectivity index (χ0) is 13.1. The molecule has 2 rings (SSSR count). The molecule has 0 radical (unpaired) electrons. The van der Waals surface area contributed by atoms with Crippen molar-refractivity contribution in [3.8, 4) is 5.75 Å². The van der Waals surface area contributed by atoms with Gasteiger partial charge in [-0.25, -0.2) is 4.39 Å². The molecule has 0 spiro atoms. The Morgan fingerprint density at radius 2 is 2.06 bits per heavy atom. The van der Waals surface area contributed by atoms with Crippen LogP contribution < -0.4 is 10.5 Å². The molecule has 0 aliphatic rings. The van der Waals surface area contributed by atoms with E-state index in [9.17, 15) is 4.39 Å². The first kappa shape index (κ1) is 13.2. The lowest BCUT2D eigenvalue weighted by Crippen LogP contribution is -1.99. The van der Waals surface area contributed by atoms with E-state index in [1.807, 2.05) is 6.07 Å². The molecule has 18 heavy (non-hydrogen) atoms. The Morgan fingerprint density at radius 3 is 2.72 bits per heavy atom. The fourth-order valence-electron chi connectivity index (χ4n) is 1.45. The first-order valence-electron chi connectivity index (χ1n) is 5.18. The zero-order valence-corrected chi connectivity index (χ0v) is 11.6. The molecule has 2 aromatic rings. The molecule has 2 nitrogen and oxygen atoms in total. The molecule has 0 aliphatic heterocycles. The van der Waals surface area contributed by atoms with Gasteiger partial charge in [-0.15, -0.1) is 0 Å². The monoisotopic (exact) mass is 329 g/mol. The molecule has 0 unspecified atom stereocenters. The van der Waals surface area contributed by atoms with Crippen LogP contribution in [0.5, 0.6) is 5.75 Å². The molecule has 0 fully saturated rings. The predicted molar refractivity (Wildman–Crippen MR) is 74.3 cm³/mol. The minimum atomic E-state index is -0.478. The second-order valence-electron chi connectivity index (χ2n) is 3.69. The summed E-state index contributed by atoms with van der Waals surface area (Å²) in [5.74, 6) is -0.419. The van der Waals surface area contributed by atoms with Gasteiger partial charge in [-0.1, -0.05) is 39.7 Å². The van der Waals surface area contributed by atoms with Gasteiger partial charge in [0.15, 0.2) is 11.6 Å². The van der Waals surface area contributed by atoms with E-state index in [1.54, 1.807) is 18.2 Å². The Kier molecular flexibility index (Phi) is 4.09. The Hall–Kier alpha value is -1.26. The maximum Gasteiger partial charge on any atom is 0.174 e. The normalized spacial score (nSPS) is 10.4. The molecule has 2 aromatic carbocycles. The predicted octanol–water partition coefficient (Wildman–Crippen LogP) is 4.40. The number of anilines is 1. The highest BCUT2D eigenvalue weighted by atomic mass is 79.9. The average molecular weight is 331 g/mol. The molecule has 5 heteroatoms. The molecule has 0 aliphatic carbocycles. The highest BCUT2D eigenvalue weighted by molar-refractivity contribution is 9.10. The van der Waals surface area contributed by atoms with Crippen LogP contribution in [0.3, 0.4) is 0 Å². The van der Waals surface area contributed by atoms with E-state index in [2.05, 4.69) is 15.9 Å². The number of ether oxygens (including phenoxy) is 1. The molecule has 0 saturated heterocycles. The SMILES string of the molecule is Nc1ccc(COc2c(F)cccc2Cl)c(Br)c1. The van der Waals surface area contributed by atoms with E-state index in [1.165, 1.54) is 12.1 Å². The van der Waals surface area contributed by atoms with Crippen LogP contribution in [0.2, 0.25) is 5.02 Å². The van der Waals surface area contributed by atoms with E-state index < -0.39 is 5.82 Å². The van der Waals surface area contributed by atoms with Crippen molar-refractivity contribution < 1.29 is 9.13 Å². The summed E-state index contributed by atoms with van der Waals surface area (Å²) in [6.45, 7) is 0.210. The summed E-state index contributed by atoms with van der Waals surface area (Å²) in [5.41, 5.74) is 7.14. The zero-order valence-electron chi connectivity index (χ0n) is 9.29. The van der Waals surface area contributed by atoms with Gasteiger partial charge in [0, 0.05) is 15.7 Å². The van der Waals surface area contributed by atoms with Crippen LogP contribution >= 0.6 is 27.5 Å². The van der Waals surface area contributed by atoms with Gasteiger partial charge in [-0.05, 0) is 24.3 Å². The molecule has 0 aromatic heterocycles. The summed E-state index contributed by atoms with van der Waals surface area (Å²) in [4.78, 5) is 0. The number of rotatable bonds is 3. The molecule has 0 heterocycles. The minimum absolute atomic E-state index is 0.0582. The number of hydrogen-bond donors (Lipinski definition) is 1. The van der Waals surface area contributed by atoms with Crippen molar-refractivity contribution in [2.75, 3.05) is 5.73 Å². The fraction of sp³-hybridized carbons (Fsp3) is 0.0769. The number of nitrogen functional groups attached to an aromatic ring is 1. The van der Waals surface area contributed by atoms with Crippen molar-refractivity contribution in [2.24, 2.45) is 0 Å². The van der Waals surface area contributed by atoms with E-state index >= 15 is 0 Å². The van der Waals surface area contributed by atoms with Crippen molar-refractivity contribution in [3.63, 3.8) is 0 Å². The quantitative estimate of drug-likeness (QED) is 0.846. The largest absolute Gasteiger partial charge is 0.484 e. The van der Waals surface area contributed by atoms with Crippen LogP contribution in [0.4, 0.5) is 10.1 Å². The average Bonchev–Trinajstić information content (AvgIpc) is 2.31. The number of para-hydroxylation sites is 1. The van der Waals surface area contributed by atoms with Crippen LogP contribution in [0.25, 0.3) is 0 Å². The molecule has 94 valence electrons. The second-order valence-corrected chi connectivity index (χ2v) is 4.95. The van der Waals surface area contributed by atoms with Gasteiger partial charge >= 0.3 is 0 Å². The Bertz CT molecular complexity index is 557. The summed E-state index contributed by atoms with van der Waals surface area (Å²) in [5, 5.41) is 0.251. The van der Waals surface area contributed by atoms with E-state index in [4.69, 9.17) is 22.1 Å². The van der Waals surface area contributed by atoms with Crippen LogP contribution in [-0.2, 0) is 6.61 Å². The van der Waals surface area contributed by atoms with Crippen LogP contribution in [0.15, 0.2) is 40.9 Å². The summed E-state index contributed by atoms with van der Waals surface area (Å²) in [6, 6.07) is 9.75. The van der Waals surface area contributed by atoms with Gasteiger partial charge < -0.3 is 10.5 Å². The smallest absolute Gasteiger partial charge is 0.174 e. The number of nitrogens with two attached hydrogens (primary N) is 1. The van der Waals surface area contributed by atoms with Gasteiger partial charge in [0.2, 0.25) is 0 Å². The van der Waals surface area contributed by atoms with Crippen LogP contribution in [-0.4, -0.2) is 0 Å². The topological polar surface area (TPSA) is 35.2 Å². The van der Waals surface area contributed by atoms with Gasteiger partial charge in [0.1, 0.15) is 6.61 Å². The molecular weight excluding hydrogens is 321 g/mol. The van der Waals surface area contributed by atoms with Gasteiger partial charge in [-0.2, -0.15) is 0 Å². The standard InChI is InChI=1S/C13H10BrClFNO/c14-10-6-9(17)5-4-8(10)7-18-13-11(15)2-1-3-12(13)16/h1-6H,7,17H2. The van der Waals surface area contributed by atoms with E-state index in [0.717, 1.165) is 10.0 Å². The van der Waals surface area contributed by atoms with Gasteiger partial charge in [0.05, 0.1) is 5.02 Å². The summed E-state index contributed by atoms with van der Waals surface area (Å²) >= 11 is 9.23. The third kappa shape index (κ3) is 2.94. The lowest BCUT2D eigenvalue weighted by atomic mass is 10.2. The molecule has 2 N–H and O–H groups in total. The first-order valence-corrected chi connectivity index (χ1v) is 6.35. The maximum absolute atomic E-state index is 13.5. The summed E-state index contributed by atoms with van der Waals surface area (Å²) in [7, 11) is 0. The maximum atomic E-state index is 13.5. The summed E-state index contributed by atoms with van der Waals surface area (Å²) in [6.07, 6.45) is 0. The number of halogens is 3. The molecular formula is C13H10BrClFNO. The fourth-order valence-corrected chi connectivity index (χ4v) is 2.18. The van der Waals surface area contributed by atoms with Gasteiger partial charge in [0.25, 0.3) is 0 Å². The van der Waals surface area contributed by atoms with E-state index in [0.29, 0.717) is 5.69 Å². The van der Waals surface area contributed by atoms with Crippen molar-refractivity contribution in [1.82, 2.24) is 0 Å². The van der Waals surface area contributed by atoms with Crippen LogP contribution in [0, 0.1) is 5.82 Å². The highest BCUT2D eigenvalue weighted by Crippen LogP contribution is 2.29. The first-order chi connectivity index (χ1) is 8.58. The van der Waals surface area contributed by atoms with Crippen molar-refractivity contribution >= 4 is 33.2 Å². The second kappa shape index (κ2) is 5.59. The highest BCUT2D eigenvalue weighted by Gasteiger charge is 2.09. The van der Waals surface area contributed by atoms with Crippen molar-refractivity contribution in [1.29, 1.82) is 0 Å². The molecule has 0 atom stereocenters. The third-order valence-electron chi connectivity index (χ3n) is 2.37. The van der Waals surface area contributed by atoms with Crippen molar-refractivity contribution in [2.45, 2.75) is 6.61 Å². The summed E-state index contributed by atoms with van der Waals surface area (Å²) < 4.78 is 19.7. The lowest BCUT2D eigenvalue weighted by molar-refractivity contribution is 0.290. The Balaban J connectivity index is 2.16. The van der Waals surface area contributed by atoms with Gasteiger partial charge in [-0.3, -0.25) is 0 Å². The van der Waals surface area contributed by atoms with Crippen LogP contribution in [0.1, 0.15) is 5.56 Å². The minimum Gasteiger partial charge on any atom is -0.484 e. The Morgan fingerprint density at radius 1 is 1.28 bits per heavy atom. The lowest BCUT2D eigenvalue weighted by Gasteiger charge is -2.10. The molecule has 0 amide bonds. The van der Waals surface area contributed by atoms with Crippen molar-refractivity contribution in [3.05, 3.63) is 57.3 Å².